The van der Waals surface area contributed by atoms with E-state index in [1.165, 1.54) is 16.3 Å². The van der Waals surface area contributed by atoms with Crippen LogP contribution in [0.1, 0.15) is 25.8 Å². The number of aromatic nitrogens is 6. The molecule has 32 heavy (non-hydrogen) atoms. The van der Waals surface area contributed by atoms with E-state index in [9.17, 15) is 9.59 Å². The van der Waals surface area contributed by atoms with Crippen molar-refractivity contribution in [2.75, 3.05) is 5.75 Å². The molecular formula is C23H24N6O2S. The summed E-state index contributed by atoms with van der Waals surface area (Å²) in [6.07, 6.45) is 0.726. The van der Waals surface area contributed by atoms with E-state index in [-0.39, 0.29) is 11.2 Å². The minimum atomic E-state index is -0.262. The van der Waals surface area contributed by atoms with E-state index in [4.69, 9.17) is 0 Å². The van der Waals surface area contributed by atoms with Crippen LogP contribution >= 0.6 is 11.8 Å². The Kier molecular flexibility index (Phi) is 6.65. The number of hydrogen-bond donors (Lipinski definition) is 1. The van der Waals surface area contributed by atoms with Crippen molar-refractivity contribution in [1.82, 2.24) is 29.8 Å². The van der Waals surface area contributed by atoms with Crippen molar-refractivity contribution < 1.29 is 0 Å². The Morgan fingerprint density at radius 2 is 1.72 bits per heavy atom. The number of aromatic amines is 1. The molecule has 1 N–H and O–H groups in total. The van der Waals surface area contributed by atoms with Crippen molar-refractivity contribution in [2.24, 2.45) is 0 Å². The average Bonchev–Trinajstić information content (AvgIpc) is 3.35. The van der Waals surface area contributed by atoms with E-state index in [0.29, 0.717) is 23.9 Å². The van der Waals surface area contributed by atoms with E-state index < -0.39 is 0 Å². The standard InChI is InChI=1S/C23H24N6O2S/c1-3-13-28-20(30)14-21(32-4-2)29(23(28)31)15-16-9-11-17(12-10-16)18-7-5-6-8-19(18)22-24-26-27-25-22/h5-12,14H,3-4,13,15H2,1-2H3,(H,24,25,26,27). The van der Waals surface area contributed by atoms with Crippen molar-refractivity contribution >= 4 is 11.8 Å². The fourth-order valence-electron chi connectivity index (χ4n) is 3.62. The van der Waals surface area contributed by atoms with Crippen molar-refractivity contribution in [1.29, 1.82) is 0 Å². The highest BCUT2D eigenvalue weighted by Crippen LogP contribution is 2.29. The average molecular weight is 449 g/mol. The molecule has 8 nitrogen and oxygen atoms in total. The third kappa shape index (κ3) is 4.43. The summed E-state index contributed by atoms with van der Waals surface area (Å²) >= 11 is 1.50. The Balaban J connectivity index is 1.68. The molecule has 0 bridgehead atoms. The first-order valence-corrected chi connectivity index (χ1v) is 11.5. The highest BCUT2D eigenvalue weighted by atomic mass is 32.2. The van der Waals surface area contributed by atoms with Crippen LogP contribution < -0.4 is 11.2 Å². The molecule has 0 aliphatic heterocycles. The first-order valence-electron chi connectivity index (χ1n) is 10.5. The molecule has 0 fully saturated rings. The number of thioether (sulfide) groups is 1. The highest BCUT2D eigenvalue weighted by molar-refractivity contribution is 7.99. The lowest BCUT2D eigenvalue weighted by molar-refractivity contribution is 0.537. The van der Waals surface area contributed by atoms with Gasteiger partial charge in [-0.25, -0.2) is 4.79 Å². The van der Waals surface area contributed by atoms with Crippen molar-refractivity contribution in [3.63, 3.8) is 0 Å². The van der Waals surface area contributed by atoms with Gasteiger partial charge in [0.25, 0.3) is 5.56 Å². The predicted octanol–water partition coefficient (Wildman–Crippen LogP) is 3.43. The molecule has 0 amide bonds. The SMILES string of the molecule is CCCn1c(=O)cc(SCC)n(Cc2ccc(-c3ccccc3-c3nn[nH]n3)cc2)c1=O. The van der Waals surface area contributed by atoms with Gasteiger partial charge in [0.2, 0.25) is 5.82 Å². The molecule has 4 rings (SSSR count). The number of hydrogen-bond acceptors (Lipinski definition) is 6. The maximum absolute atomic E-state index is 13.0. The van der Waals surface area contributed by atoms with Crippen molar-refractivity contribution in [2.45, 2.75) is 38.4 Å². The maximum atomic E-state index is 13.0. The van der Waals surface area contributed by atoms with E-state index >= 15 is 0 Å². The van der Waals surface area contributed by atoms with Gasteiger partial charge in [0.05, 0.1) is 11.6 Å². The molecule has 2 aromatic carbocycles. The fraction of sp³-hybridized carbons (Fsp3) is 0.261. The molecule has 2 heterocycles. The molecule has 0 spiro atoms. The van der Waals surface area contributed by atoms with E-state index in [0.717, 1.165) is 34.4 Å². The number of H-pyrrole nitrogens is 1. The monoisotopic (exact) mass is 448 g/mol. The minimum absolute atomic E-state index is 0.238. The van der Waals surface area contributed by atoms with Crippen LogP contribution in [-0.2, 0) is 13.1 Å². The van der Waals surface area contributed by atoms with Gasteiger partial charge in [-0.05, 0) is 34.1 Å². The first kappa shape index (κ1) is 21.8. The van der Waals surface area contributed by atoms with Gasteiger partial charge in [0.15, 0.2) is 0 Å². The Hall–Kier alpha value is -3.46. The van der Waals surface area contributed by atoms with Gasteiger partial charge in [-0.1, -0.05) is 62.4 Å². The van der Waals surface area contributed by atoms with Crippen LogP contribution in [0, 0.1) is 0 Å². The van der Waals surface area contributed by atoms with E-state index in [2.05, 4.69) is 20.6 Å². The molecule has 0 aliphatic rings. The topological polar surface area (TPSA) is 98.5 Å². The molecule has 9 heteroatoms. The van der Waals surface area contributed by atoms with Crippen LogP contribution in [0.4, 0.5) is 0 Å². The summed E-state index contributed by atoms with van der Waals surface area (Å²) in [6.45, 7) is 4.78. The fourth-order valence-corrected chi connectivity index (χ4v) is 4.39. The summed E-state index contributed by atoms with van der Waals surface area (Å²) in [7, 11) is 0. The lowest BCUT2D eigenvalue weighted by Crippen LogP contribution is -2.40. The molecule has 4 aromatic rings. The largest absolute Gasteiger partial charge is 0.332 e. The Morgan fingerprint density at radius 3 is 2.38 bits per heavy atom. The zero-order valence-electron chi connectivity index (χ0n) is 18.0. The normalized spacial score (nSPS) is 11.1. The first-order chi connectivity index (χ1) is 15.6. The minimum Gasteiger partial charge on any atom is -0.283 e. The molecule has 0 atom stereocenters. The second-order valence-electron chi connectivity index (χ2n) is 7.25. The lowest BCUT2D eigenvalue weighted by Gasteiger charge is -2.15. The van der Waals surface area contributed by atoms with Gasteiger partial charge in [-0.15, -0.1) is 22.0 Å². The number of nitrogens with zero attached hydrogens (tertiary/aromatic N) is 5. The van der Waals surface area contributed by atoms with Gasteiger partial charge in [-0.3, -0.25) is 13.9 Å². The van der Waals surface area contributed by atoms with E-state index in [1.807, 2.05) is 62.4 Å². The third-order valence-corrected chi connectivity index (χ3v) is 6.02. The Bertz CT molecular complexity index is 1310. The molecule has 0 saturated heterocycles. The van der Waals surface area contributed by atoms with Gasteiger partial charge in [0, 0.05) is 18.2 Å². The van der Waals surface area contributed by atoms with Crippen LogP contribution in [-0.4, -0.2) is 35.5 Å². The smallest absolute Gasteiger partial charge is 0.283 e. The second kappa shape index (κ2) is 9.78. The molecule has 164 valence electrons. The number of benzene rings is 2. The van der Waals surface area contributed by atoms with Crippen LogP contribution in [0.5, 0.6) is 0 Å². The van der Waals surface area contributed by atoms with E-state index in [1.54, 1.807) is 10.6 Å². The third-order valence-electron chi connectivity index (χ3n) is 5.10. The summed E-state index contributed by atoms with van der Waals surface area (Å²) in [5.41, 5.74) is 3.38. The molecule has 2 aromatic heterocycles. The van der Waals surface area contributed by atoms with Crippen molar-refractivity contribution in [3.8, 4) is 22.5 Å². The van der Waals surface area contributed by atoms with Gasteiger partial charge >= 0.3 is 5.69 Å². The van der Waals surface area contributed by atoms with Crippen molar-refractivity contribution in [3.05, 3.63) is 81.0 Å². The zero-order chi connectivity index (χ0) is 22.5. The Labute approximate surface area is 189 Å². The predicted molar refractivity (Wildman–Crippen MR) is 126 cm³/mol. The summed E-state index contributed by atoms with van der Waals surface area (Å²) in [6, 6.07) is 17.5. The molecule has 0 radical (unpaired) electrons. The van der Waals surface area contributed by atoms with Gasteiger partial charge in [0.1, 0.15) is 0 Å². The summed E-state index contributed by atoms with van der Waals surface area (Å²) in [5.74, 6) is 1.32. The molecular weight excluding hydrogens is 424 g/mol. The Morgan fingerprint density at radius 1 is 0.969 bits per heavy atom. The summed E-state index contributed by atoms with van der Waals surface area (Å²) < 4.78 is 3.00. The molecule has 0 saturated carbocycles. The van der Waals surface area contributed by atoms with Gasteiger partial charge < -0.3 is 0 Å². The quantitative estimate of drug-likeness (QED) is 0.328. The lowest BCUT2D eigenvalue weighted by atomic mass is 9.98. The summed E-state index contributed by atoms with van der Waals surface area (Å²) in [5, 5.41) is 15.0. The van der Waals surface area contributed by atoms with Gasteiger partial charge in [-0.2, -0.15) is 5.21 Å². The molecule has 0 aliphatic carbocycles. The van der Waals surface area contributed by atoms with Crippen LogP contribution in [0.15, 0.2) is 69.2 Å². The number of tetrazole rings is 1. The number of nitrogens with one attached hydrogen (secondary N) is 1. The van der Waals surface area contributed by atoms with Crippen LogP contribution in [0.2, 0.25) is 0 Å². The molecule has 0 unspecified atom stereocenters. The maximum Gasteiger partial charge on any atom is 0.332 e. The zero-order valence-corrected chi connectivity index (χ0v) is 18.8. The van der Waals surface area contributed by atoms with Crippen LogP contribution in [0.3, 0.4) is 0 Å². The second-order valence-corrected chi connectivity index (χ2v) is 8.54. The van der Waals surface area contributed by atoms with Crippen LogP contribution in [0.25, 0.3) is 22.5 Å². The highest BCUT2D eigenvalue weighted by Gasteiger charge is 2.13. The summed E-state index contributed by atoms with van der Waals surface area (Å²) in [4.78, 5) is 25.4. The number of rotatable bonds is 8.